The Labute approximate surface area is 156 Å². The van der Waals surface area contributed by atoms with E-state index in [1.807, 2.05) is 6.92 Å². The summed E-state index contributed by atoms with van der Waals surface area (Å²) in [5.74, 6) is 0. The van der Waals surface area contributed by atoms with Crippen molar-refractivity contribution in [2.24, 2.45) is 0 Å². The van der Waals surface area contributed by atoms with Gasteiger partial charge in [-0.2, -0.15) is 5.10 Å². The van der Waals surface area contributed by atoms with Crippen molar-refractivity contribution >= 4 is 38.9 Å². The molecule has 0 bridgehead atoms. The number of hydrogen-bond donors (Lipinski definition) is 1. The van der Waals surface area contributed by atoms with Crippen LogP contribution in [0.4, 0.5) is 5.69 Å². The van der Waals surface area contributed by atoms with Crippen LogP contribution in [0.15, 0.2) is 59.8 Å². The number of aryl methyl sites for hydroxylation is 1. The minimum absolute atomic E-state index is 0.194. The summed E-state index contributed by atoms with van der Waals surface area (Å²) in [6.45, 7) is 2.23. The molecule has 0 unspecified atom stereocenters. The molecule has 0 aliphatic heterocycles. The van der Waals surface area contributed by atoms with E-state index in [4.69, 9.17) is 23.2 Å². The topological polar surface area (TPSA) is 64.0 Å². The molecule has 1 heterocycles. The quantitative estimate of drug-likeness (QED) is 0.698. The highest BCUT2D eigenvalue weighted by Crippen LogP contribution is 2.25. The molecule has 130 valence electrons. The molecule has 3 rings (SSSR count). The Bertz CT molecular complexity index is 979. The molecule has 0 saturated carbocycles. The van der Waals surface area contributed by atoms with E-state index in [0.717, 1.165) is 11.1 Å². The summed E-state index contributed by atoms with van der Waals surface area (Å²) >= 11 is 12.3. The number of rotatable bonds is 5. The molecule has 1 N–H and O–H groups in total. The van der Waals surface area contributed by atoms with Gasteiger partial charge in [-0.15, -0.1) is 0 Å². The molecule has 0 saturated heterocycles. The van der Waals surface area contributed by atoms with Crippen molar-refractivity contribution in [1.29, 1.82) is 0 Å². The van der Waals surface area contributed by atoms with Crippen molar-refractivity contribution in [1.82, 2.24) is 9.78 Å². The Morgan fingerprint density at radius 2 is 1.72 bits per heavy atom. The number of nitrogens with one attached hydrogen (secondary N) is 1. The SMILES string of the molecule is Cc1ccc(S(=O)(=O)Nc2cnn(Cc3c(Cl)cccc3Cl)c2)cc1. The summed E-state index contributed by atoms with van der Waals surface area (Å²) in [6.07, 6.45) is 3.03. The zero-order valence-corrected chi connectivity index (χ0v) is 15.6. The summed E-state index contributed by atoms with van der Waals surface area (Å²) in [7, 11) is -3.66. The highest BCUT2D eigenvalue weighted by atomic mass is 35.5. The Morgan fingerprint density at radius 1 is 1.08 bits per heavy atom. The maximum absolute atomic E-state index is 12.4. The van der Waals surface area contributed by atoms with Crippen LogP contribution in [0.1, 0.15) is 11.1 Å². The summed E-state index contributed by atoms with van der Waals surface area (Å²) in [5, 5.41) is 5.22. The standard InChI is InChI=1S/C17H15Cl2N3O2S/c1-12-5-7-14(8-6-12)25(23,24)21-13-9-20-22(10-13)11-15-16(18)3-2-4-17(15)19/h2-10,21H,11H2,1H3. The van der Waals surface area contributed by atoms with Crippen molar-refractivity contribution in [3.05, 3.63) is 76.0 Å². The molecule has 2 aromatic carbocycles. The molecule has 3 aromatic rings. The normalized spacial score (nSPS) is 11.5. The van der Waals surface area contributed by atoms with Crippen LogP contribution in [0.3, 0.4) is 0 Å². The van der Waals surface area contributed by atoms with Gasteiger partial charge in [0.05, 0.1) is 23.3 Å². The first kappa shape index (κ1) is 17.8. The molecular formula is C17H15Cl2N3O2S. The smallest absolute Gasteiger partial charge is 0.261 e. The predicted octanol–water partition coefficient (Wildman–Crippen LogP) is 4.35. The van der Waals surface area contributed by atoms with Crippen molar-refractivity contribution in [3.8, 4) is 0 Å². The third kappa shape index (κ3) is 4.15. The average Bonchev–Trinajstić information content (AvgIpc) is 2.98. The van der Waals surface area contributed by atoms with Crippen LogP contribution in [0.5, 0.6) is 0 Å². The summed E-state index contributed by atoms with van der Waals surface area (Å²) < 4.78 is 28.9. The number of aromatic nitrogens is 2. The van der Waals surface area contributed by atoms with E-state index in [9.17, 15) is 8.42 Å². The van der Waals surface area contributed by atoms with Gasteiger partial charge >= 0.3 is 0 Å². The number of benzene rings is 2. The van der Waals surface area contributed by atoms with E-state index in [1.165, 1.54) is 6.20 Å². The summed E-state index contributed by atoms with van der Waals surface area (Å²) in [6, 6.07) is 11.9. The Morgan fingerprint density at radius 3 is 2.36 bits per heavy atom. The second-order valence-corrected chi connectivity index (χ2v) is 8.04. The van der Waals surface area contributed by atoms with E-state index in [0.29, 0.717) is 22.3 Å². The Hall–Kier alpha value is -2.02. The molecule has 0 amide bonds. The maximum Gasteiger partial charge on any atom is 0.261 e. The number of nitrogens with zero attached hydrogens (tertiary/aromatic N) is 2. The molecule has 0 radical (unpaired) electrons. The second-order valence-electron chi connectivity index (χ2n) is 5.55. The monoisotopic (exact) mass is 395 g/mol. The van der Waals surface area contributed by atoms with Crippen LogP contribution in [-0.4, -0.2) is 18.2 Å². The summed E-state index contributed by atoms with van der Waals surface area (Å²) in [5.41, 5.74) is 2.08. The minimum atomic E-state index is -3.66. The van der Waals surface area contributed by atoms with Gasteiger partial charge in [-0.3, -0.25) is 9.40 Å². The molecule has 0 aliphatic rings. The summed E-state index contributed by atoms with van der Waals surface area (Å²) in [4.78, 5) is 0.194. The molecule has 0 fully saturated rings. The zero-order valence-electron chi connectivity index (χ0n) is 13.3. The van der Waals surface area contributed by atoms with Crippen LogP contribution in [0.2, 0.25) is 10.0 Å². The van der Waals surface area contributed by atoms with Gasteiger partial charge in [-0.05, 0) is 31.2 Å². The van der Waals surface area contributed by atoms with Gasteiger partial charge in [0.25, 0.3) is 10.0 Å². The van der Waals surface area contributed by atoms with Crippen molar-refractivity contribution < 1.29 is 8.42 Å². The van der Waals surface area contributed by atoms with Crippen molar-refractivity contribution in [3.63, 3.8) is 0 Å². The van der Waals surface area contributed by atoms with Gasteiger partial charge in [0.2, 0.25) is 0 Å². The fourth-order valence-electron chi connectivity index (χ4n) is 2.28. The first-order chi connectivity index (χ1) is 11.8. The van der Waals surface area contributed by atoms with Gasteiger partial charge in [0.1, 0.15) is 0 Å². The van der Waals surface area contributed by atoms with E-state index >= 15 is 0 Å². The third-order valence-electron chi connectivity index (χ3n) is 3.60. The highest BCUT2D eigenvalue weighted by Gasteiger charge is 2.15. The fraction of sp³-hybridized carbons (Fsp3) is 0.118. The molecule has 1 aromatic heterocycles. The molecule has 25 heavy (non-hydrogen) atoms. The van der Waals surface area contributed by atoms with Gasteiger partial charge in [0.15, 0.2) is 0 Å². The number of hydrogen-bond acceptors (Lipinski definition) is 3. The van der Waals surface area contributed by atoms with Crippen LogP contribution in [0.25, 0.3) is 0 Å². The van der Waals surface area contributed by atoms with Crippen LogP contribution in [0, 0.1) is 6.92 Å². The highest BCUT2D eigenvalue weighted by molar-refractivity contribution is 7.92. The Balaban J connectivity index is 1.79. The number of anilines is 1. The lowest BCUT2D eigenvalue weighted by molar-refractivity contribution is 0.601. The molecule has 0 atom stereocenters. The van der Waals surface area contributed by atoms with Crippen LogP contribution < -0.4 is 4.72 Å². The van der Waals surface area contributed by atoms with Crippen molar-refractivity contribution in [2.45, 2.75) is 18.4 Å². The van der Waals surface area contributed by atoms with E-state index in [-0.39, 0.29) is 4.90 Å². The largest absolute Gasteiger partial charge is 0.276 e. The maximum atomic E-state index is 12.4. The lowest BCUT2D eigenvalue weighted by Crippen LogP contribution is -2.12. The van der Waals surface area contributed by atoms with Gasteiger partial charge < -0.3 is 0 Å². The Kier molecular flexibility index (Phi) is 5.03. The first-order valence-corrected chi connectivity index (χ1v) is 9.64. The molecule has 5 nitrogen and oxygen atoms in total. The predicted molar refractivity (Wildman–Crippen MR) is 99.8 cm³/mol. The number of sulfonamides is 1. The lowest BCUT2D eigenvalue weighted by atomic mass is 10.2. The van der Waals surface area contributed by atoms with Crippen molar-refractivity contribution in [2.75, 3.05) is 4.72 Å². The van der Waals surface area contributed by atoms with E-state index < -0.39 is 10.0 Å². The fourth-order valence-corrected chi connectivity index (χ4v) is 3.82. The van der Waals surface area contributed by atoms with Crippen LogP contribution in [-0.2, 0) is 16.6 Å². The third-order valence-corrected chi connectivity index (χ3v) is 5.70. The van der Waals surface area contributed by atoms with Gasteiger partial charge in [-0.1, -0.05) is 47.0 Å². The zero-order chi connectivity index (χ0) is 18.0. The average molecular weight is 396 g/mol. The van der Waals surface area contributed by atoms with Gasteiger partial charge in [-0.25, -0.2) is 8.42 Å². The second kappa shape index (κ2) is 7.07. The lowest BCUT2D eigenvalue weighted by Gasteiger charge is -2.07. The molecule has 0 aliphatic carbocycles. The molecule has 8 heteroatoms. The first-order valence-electron chi connectivity index (χ1n) is 7.40. The van der Waals surface area contributed by atoms with E-state index in [2.05, 4.69) is 9.82 Å². The van der Waals surface area contributed by atoms with Crippen LogP contribution >= 0.6 is 23.2 Å². The molecular weight excluding hydrogens is 381 g/mol. The minimum Gasteiger partial charge on any atom is -0.276 e. The molecule has 0 spiro atoms. The van der Waals surface area contributed by atoms with E-state index in [1.54, 1.807) is 53.3 Å². The number of halogens is 2. The van der Waals surface area contributed by atoms with Gasteiger partial charge in [0, 0.05) is 21.8 Å².